The molecule has 0 N–H and O–H groups in total. The zero-order valence-corrected chi connectivity index (χ0v) is 6.41. The highest BCUT2D eigenvalue weighted by Crippen LogP contribution is 2.06. The van der Waals surface area contributed by atoms with E-state index in [-0.39, 0.29) is 0 Å². The van der Waals surface area contributed by atoms with Crippen LogP contribution in [0, 0.1) is 11.3 Å². The van der Waals surface area contributed by atoms with Gasteiger partial charge in [0.05, 0.1) is 5.57 Å². The van der Waals surface area contributed by atoms with Gasteiger partial charge < -0.3 is 0 Å². The Hall–Kier alpha value is -1.56. The molecule has 0 aliphatic heterocycles. The van der Waals surface area contributed by atoms with Crippen LogP contribution >= 0.6 is 0 Å². The summed E-state index contributed by atoms with van der Waals surface area (Å²) < 4.78 is 1.76. The van der Waals surface area contributed by atoms with Crippen LogP contribution in [-0.2, 0) is 6.54 Å². The first-order valence-corrected chi connectivity index (χ1v) is 3.40. The van der Waals surface area contributed by atoms with Crippen LogP contribution < -0.4 is 0 Å². The molecule has 0 spiro atoms. The van der Waals surface area contributed by atoms with E-state index in [9.17, 15) is 0 Å². The number of allylic oxidation sites excluding steroid dienone is 1. The third-order valence-corrected chi connectivity index (χ3v) is 1.41. The van der Waals surface area contributed by atoms with E-state index in [0.29, 0.717) is 11.3 Å². The van der Waals surface area contributed by atoms with Crippen molar-refractivity contribution in [1.82, 2.24) is 9.78 Å². The van der Waals surface area contributed by atoms with Gasteiger partial charge in [0.1, 0.15) is 11.8 Å². The maximum absolute atomic E-state index is 8.47. The second-order valence-electron chi connectivity index (χ2n) is 2.15. The molecule has 1 aromatic heterocycles. The van der Waals surface area contributed by atoms with Crippen molar-refractivity contribution in [3.8, 4) is 6.07 Å². The van der Waals surface area contributed by atoms with Gasteiger partial charge in [-0.05, 0) is 13.0 Å². The molecular weight excluding hydrogens is 138 g/mol. The topological polar surface area (TPSA) is 41.6 Å². The van der Waals surface area contributed by atoms with Crippen LogP contribution in [0.1, 0.15) is 12.6 Å². The smallest absolute Gasteiger partial charge is 0.102 e. The quantitative estimate of drug-likeness (QED) is 0.594. The zero-order valence-electron chi connectivity index (χ0n) is 6.41. The number of hydrogen-bond acceptors (Lipinski definition) is 2. The predicted octanol–water partition coefficient (Wildman–Crippen LogP) is 1.44. The summed E-state index contributed by atoms with van der Waals surface area (Å²) in [5.74, 6) is 0. The van der Waals surface area contributed by atoms with Crippen molar-refractivity contribution in [3.63, 3.8) is 0 Å². The summed E-state index contributed by atoms with van der Waals surface area (Å²) in [7, 11) is 0. The van der Waals surface area contributed by atoms with Gasteiger partial charge in [-0.3, -0.25) is 4.68 Å². The molecule has 11 heavy (non-hydrogen) atoms. The first-order valence-electron chi connectivity index (χ1n) is 3.40. The molecule has 1 rings (SSSR count). The molecule has 0 aromatic carbocycles. The number of hydrogen-bond donors (Lipinski definition) is 0. The van der Waals surface area contributed by atoms with E-state index in [1.807, 2.05) is 19.2 Å². The van der Waals surface area contributed by atoms with Gasteiger partial charge >= 0.3 is 0 Å². The molecule has 3 heteroatoms. The number of nitriles is 1. The molecule has 0 aliphatic carbocycles. The molecule has 0 amide bonds. The van der Waals surface area contributed by atoms with Crippen molar-refractivity contribution < 1.29 is 0 Å². The summed E-state index contributed by atoms with van der Waals surface area (Å²) in [6.07, 6.45) is 1.83. The summed E-state index contributed by atoms with van der Waals surface area (Å²) >= 11 is 0. The highest BCUT2D eigenvalue weighted by atomic mass is 15.3. The molecular formula is C8H9N3. The van der Waals surface area contributed by atoms with Gasteiger partial charge in [-0.2, -0.15) is 10.4 Å². The van der Waals surface area contributed by atoms with Crippen LogP contribution in [0.5, 0.6) is 0 Å². The van der Waals surface area contributed by atoms with Crippen molar-refractivity contribution in [2.75, 3.05) is 0 Å². The molecule has 0 aliphatic rings. The third-order valence-electron chi connectivity index (χ3n) is 1.41. The Morgan fingerprint density at radius 3 is 3.09 bits per heavy atom. The minimum absolute atomic E-state index is 0.414. The summed E-state index contributed by atoms with van der Waals surface area (Å²) in [4.78, 5) is 0. The average molecular weight is 147 g/mol. The molecule has 0 saturated carbocycles. The van der Waals surface area contributed by atoms with Crippen LogP contribution in [-0.4, -0.2) is 9.78 Å². The lowest BCUT2D eigenvalue weighted by molar-refractivity contribution is 0.657. The molecule has 0 fully saturated rings. The van der Waals surface area contributed by atoms with Crippen LogP contribution in [0.25, 0.3) is 5.57 Å². The fourth-order valence-electron chi connectivity index (χ4n) is 0.756. The molecule has 0 radical (unpaired) electrons. The predicted molar refractivity (Wildman–Crippen MR) is 42.5 cm³/mol. The van der Waals surface area contributed by atoms with Gasteiger partial charge in [0.2, 0.25) is 0 Å². The van der Waals surface area contributed by atoms with E-state index >= 15 is 0 Å². The lowest BCUT2D eigenvalue weighted by Gasteiger charge is -1.91. The van der Waals surface area contributed by atoms with E-state index in [4.69, 9.17) is 5.26 Å². The van der Waals surface area contributed by atoms with Crippen LogP contribution in [0.15, 0.2) is 18.8 Å². The van der Waals surface area contributed by atoms with E-state index < -0.39 is 0 Å². The van der Waals surface area contributed by atoms with Gasteiger partial charge in [0.25, 0.3) is 0 Å². The average Bonchev–Trinajstić information content (AvgIpc) is 2.50. The van der Waals surface area contributed by atoms with E-state index in [1.165, 1.54) is 0 Å². The molecule has 1 aromatic rings. The minimum Gasteiger partial charge on any atom is -0.272 e. The Balaban J connectivity index is 2.91. The number of aromatic nitrogens is 2. The third kappa shape index (κ3) is 1.47. The highest BCUT2D eigenvalue weighted by molar-refractivity contribution is 5.71. The van der Waals surface area contributed by atoms with E-state index in [1.54, 1.807) is 10.7 Å². The van der Waals surface area contributed by atoms with Crippen molar-refractivity contribution in [2.45, 2.75) is 13.5 Å². The minimum atomic E-state index is 0.414. The second kappa shape index (κ2) is 3.02. The van der Waals surface area contributed by atoms with Crippen LogP contribution in [0.4, 0.5) is 0 Å². The van der Waals surface area contributed by atoms with Crippen molar-refractivity contribution >= 4 is 5.57 Å². The maximum atomic E-state index is 8.47. The first kappa shape index (κ1) is 7.55. The van der Waals surface area contributed by atoms with Gasteiger partial charge in [-0.1, -0.05) is 6.58 Å². The van der Waals surface area contributed by atoms with Crippen molar-refractivity contribution in [2.24, 2.45) is 0 Å². The molecule has 1 heterocycles. The van der Waals surface area contributed by atoms with Gasteiger partial charge in [0, 0.05) is 12.7 Å². The second-order valence-corrected chi connectivity index (χ2v) is 2.15. The van der Waals surface area contributed by atoms with Crippen molar-refractivity contribution in [3.05, 3.63) is 24.5 Å². The lowest BCUT2D eigenvalue weighted by atomic mass is 10.2. The fourth-order valence-corrected chi connectivity index (χ4v) is 0.756. The summed E-state index contributed by atoms with van der Waals surface area (Å²) in [5, 5.41) is 12.6. The van der Waals surface area contributed by atoms with Gasteiger partial charge in [-0.25, -0.2) is 0 Å². The fraction of sp³-hybridized carbons (Fsp3) is 0.250. The highest BCUT2D eigenvalue weighted by Gasteiger charge is 1.99. The van der Waals surface area contributed by atoms with Crippen molar-refractivity contribution in [1.29, 1.82) is 5.26 Å². The van der Waals surface area contributed by atoms with E-state index in [0.717, 1.165) is 6.54 Å². The monoisotopic (exact) mass is 147 g/mol. The zero-order chi connectivity index (χ0) is 8.27. The molecule has 0 unspecified atom stereocenters. The Bertz CT molecular complexity index is 303. The summed E-state index contributed by atoms with van der Waals surface area (Å²) in [5.41, 5.74) is 1.08. The summed E-state index contributed by atoms with van der Waals surface area (Å²) in [6, 6.07) is 3.74. The molecule has 0 atom stereocenters. The standard InChI is InChI=1S/C8H9N3/c1-3-11-5-4-8(10-11)7(2)6-9/h4-5H,2-3H2,1H3. The Labute approximate surface area is 65.6 Å². The molecule has 3 nitrogen and oxygen atoms in total. The van der Waals surface area contributed by atoms with Gasteiger partial charge in [-0.15, -0.1) is 0 Å². The lowest BCUT2D eigenvalue weighted by Crippen LogP contribution is -1.94. The molecule has 56 valence electrons. The number of rotatable bonds is 2. The first-order chi connectivity index (χ1) is 5.27. The normalized spacial score (nSPS) is 9.09. The van der Waals surface area contributed by atoms with Crippen LogP contribution in [0.2, 0.25) is 0 Å². The number of nitrogens with zero attached hydrogens (tertiary/aromatic N) is 3. The Morgan fingerprint density at radius 1 is 1.91 bits per heavy atom. The molecule has 0 bridgehead atoms. The van der Waals surface area contributed by atoms with Gasteiger partial charge in [0.15, 0.2) is 0 Å². The van der Waals surface area contributed by atoms with E-state index in [2.05, 4.69) is 11.7 Å². The summed E-state index contributed by atoms with van der Waals surface area (Å²) in [6.45, 7) is 6.36. The largest absolute Gasteiger partial charge is 0.272 e. The SMILES string of the molecule is C=C(C#N)c1ccn(CC)n1. The Morgan fingerprint density at radius 2 is 2.64 bits per heavy atom. The number of aryl methyl sites for hydroxylation is 1. The van der Waals surface area contributed by atoms with Crippen LogP contribution in [0.3, 0.4) is 0 Å². The Kier molecular flexibility index (Phi) is 2.07. The maximum Gasteiger partial charge on any atom is 0.102 e. The molecule has 0 saturated heterocycles.